The van der Waals surface area contributed by atoms with Crippen LogP contribution < -0.4 is 5.73 Å². The monoisotopic (exact) mass is 245 g/mol. The highest BCUT2D eigenvalue weighted by atomic mass is 32.2. The van der Waals surface area contributed by atoms with Gasteiger partial charge in [-0.25, -0.2) is 12.8 Å². The molecule has 1 unspecified atom stereocenters. The summed E-state index contributed by atoms with van der Waals surface area (Å²) in [5.41, 5.74) is 6.47. The Balaban J connectivity index is 2.71. The van der Waals surface area contributed by atoms with Crippen LogP contribution in [0.2, 0.25) is 0 Å². The summed E-state index contributed by atoms with van der Waals surface area (Å²) in [7, 11) is -2.98. The lowest BCUT2D eigenvalue weighted by Gasteiger charge is -2.14. The van der Waals surface area contributed by atoms with E-state index in [-0.39, 0.29) is 17.5 Å². The third-order valence-electron chi connectivity index (χ3n) is 2.46. The molecule has 0 saturated carbocycles. The van der Waals surface area contributed by atoms with E-state index < -0.39 is 9.84 Å². The Bertz CT molecular complexity index is 428. The highest BCUT2D eigenvalue weighted by Gasteiger charge is 2.12. The average molecular weight is 245 g/mol. The van der Waals surface area contributed by atoms with Crippen LogP contribution in [-0.2, 0) is 9.84 Å². The zero-order chi connectivity index (χ0) is 12.2. The first-order chi connectivity index (χ1) is 7.42. The SMILES string of the molecule is CS(=O)(=O)CCC(CN)c1ccc(F)cc1. The number of sulfone groups is 1. The van der Waals surface area contributed by atoms with Crippen molar-refractivity contribution in [2.24, 2.45) is 5.73 Å². The van der Waals surface area contributed by atoms with E-state index in [1.165, 1.54) is 18.4 Å². The molecule has 0 spiro atoms. The molecule has 0 heterocycles. The fraction of sp³-hybridized carbons (Fsp3) is 0.455. The smallest absolute Gasteiger partial charge is 0.147 e. The van der Waals surface area contributed by atoms with E-state index in [2.05, 4.69) is 0 Å². The molecule has 1 aromatic carbocycles. The van der Waals surface area contributed by atoms with Gasteiger partial charge in [0.2, 0.25) is 0 Å². The molecule has 1 rings (SSSR count). The summed E-state index contributed by atoms with van der Waals surface area (Å²) in [5, 5.41) is 0. The normalized spacial score (nSPS) is 13.7. The van der Waals surface area contributed by atoms with Crippen LogP contribution in [0.3, 0.4) is 0 Å². The van der Waals surface area contributed by atoms with Gasteiger partial charge in [0.15, 0.2) is 0 Å². The van der Waals surface area contributed by atoms with Gasteiger partial charge in [0.25, 0.3) is 0 Å². The van der Waals surface area contributed by atoms with Gasteiger partial charge >= 0.3 is 0 Å². The van der Waals surface area contributed by atoms with E-state index in [0.717, 1.165) is 5.56 Å². The van der Waals surface area contributed by atoms with Gasteiger partial charge in [-0.05, 0) is 36.6 Å². The maximum atomic E-state index is 12.7. The molecule has 3 nitrogen and oxygen atoms in total. The topological polar surface area (TPSA) is 60.2 Å². The van der Waals surface area contributed by atoms with Crippen LogP contribution in [0.15, 0.2) is 24.3 Å². The standard InChI is InChI=1S/C11H16FNO2S/c1-16(14,15)7-6-10(8-13)9-2-4-11(12)5-3-9/h2-5,10H,6-8,13H2,1H3. The second-order valence-electron chi connectivity index (χ2n) is 3.90. The van der Waals surface area contributed by atoms with Crippen molar-refractivity contribution in [1.29, 1.82) is 0 Å². The molecule has 0 bridgehead atoms. The summed E-state index contributed by atoms with van der Waals surface area (Å²) >= 11 is 0. The van der Waals surface area contributed by atoms with Gasteiger partial charge in [-0.15, -0.1) is 0 Å². The summed E-state index contributed by atoms with van der Waals surface area (Å²) in [5.74, 6) is -0.232. The minimum absolute atomic E-state index is 0.0321. The van der Waals surface area contributed by atoms with Gasteiger partial charge in [0.1, 0.15) is 15.7 Å². The van der Waals surface area contributed by atoms with Gasteiger partial charge in [0.05, 0.1) is 5.75 Å². The Labute approximate surface area is 95.4 Å². The van der Waals surface area contributed by atoms with Crippen LogP contribution in [0.4, 0.5) is 4.39 Å². The number of nitrogens with two attached hydrogens (primary N) is 1. The average Bonchev–Trinajstić information content (AvgIpc) is 2.20. The summed E-state index contributed by atoms with van der Waals surface area (Å²) < 4.78 is 34.8. The second kappa shape index (κ2) is 5.41. The van der Waals surface area contributed by atoms with Crippen LogP contribution in [0.25, 0.3) is 0 Å². The first kappa shape index (κ1) is 13.1. The lowest BCUT2D eigenvalue weighted by molar-refractivity contribution is 0.589. The third-order valence-corrected chi connectivity index (χ3v) is 3.44. The number of halogens is 1. The molecule has 1 aromatic rings. The molecule has 0 fully saturated rings. The van der Waals surface area contributed by atoms with Crippen molar-refractivity contribution in [2.45, 2.75) is 12.3 Å². The molecule has 1 atom stereocenters. The van der Waals surface area contributed by atoms with E-state index >= 15 is 0 Å². The summed E-state index contributed by atoms with van der Waals surface area (Å²) in [6.45, 7) is 0.362. The number of benzene rings is 1. The highest BCUT2D eigenvalue weighted by molar-refractivity contribution is 7.90. The molecule has 0 radical (unpaired) electrons. The lowest BCUT2D eigenvalue weighted by Crippen LogP contribution is -2.16. The molecule has 0 aliphatic rings. The Kier molecular flexibility index (Phi) is 4.44. The van der Waals surface area contributed by atoms with E-state index in [1.807, 2.05) is 0 Å². The van der Waals surface area contributed by atoms with E-state index in [4.69, 9.17) is 5.73 Å². The quantitative estimate of drug-likeness (QED) is 0.850. The molecule has 0 aliphatic heterocycles. The van der Waals surface area contributed by atoms with E-state index in [0.29, 0.717) is 13.0 Å². The summed E-state index contributed by atoms with van der Waals surface area (Å²) in [6.07, 6.45) is 1.67. The molecular formula is C11H16FNO2S. The van der Waals surface area contributed by atoms with Crippen molar-refractivity contribution < 1.29 is 12.8 Å². The number of hydrogen-bond donors (Lipinski definition) is 1. The largest absolute Gasteiger partial charge is 0.330 e. The van der Waals surface area contributed by atoms with Gasteiger partial charge in [-0.3, -0.25) is 0 Å². The molecule has 16 heavy (non-hydrogen) atoms. The van der Waals surface area contributed by atoms with E-state index in [1.54, 1.807) is 12.1 Å². The van der Waals surface area contributed by atoms with Gasteiger partial charge in [0, 0.05) is 6.26 Å². The predicted octanol–water partition coefficient (Wildman–Crippen LogP) is 1.30. The Morgan fingerprint density at radius 1 is 1.31 bits per heavy atom. The van der Waals surface area contributed by atoms with Crippen LogP contribution in [0, 0.1) is 5.82 Å². The first-order valence-electron chi connectivity index (χ1n) is 5.05. The van der Waals surface area contributed by atoms with Crippen LogP contribution in [0.5, 0.6) is 0 Å². The molecule has 5 heteroatoms. The molecule has 90 valence electrons. The molecule has 0 aliphatic carbocycles. The van der Waals surface area contributed by atoms with Crippen molar-refractivity contribution in [3.05, 3.63) is 35.6 Å². The Morgan fingerprint density at radius 3 is 2.31 bits per heavy atom. The Morgan fingerprint density at radius 2 is 1.88 bits per heavy atom. The zero-order valence-corrected chi connectivity index (χ0v) is 10.0. The molecule has 0 aromatic heterocycles. The van der Waals surface area contributed by atoms with Gasteiger partial charge < -0.3 is 5.73 Å². The maximum absolute atomic E-state index is 12.7. The fourth-order valence-corrected chi connectivity index (χ4v) is 2.22. The predicted molar refractivity (Wildman–Crippen MR) is 62.5 cm³/mol. The number of rotatable bonds is 5. The molecular weight excluding hydrogens is 229 g/mol. The maximum Gasteiger partial charge on any atom is 0.147 e. The van der Waals surface area contributed by atoms with Gasteiger partial charge in [-0.1, -0.05) is 12.1 Å². The van der Waals surface area contributed by atoms with Gasteiger partial charge in [-0.2, -0.15) is 0 Å². The minimum atomic E-state index is -2.98. The molecule has 0 amide bonds. The van der Waals surface area contributed by atoms with Crippen LogP contribution in [0.1, 0.15) is 17.9 Å². The second-order valence-corrected chi connectivity index (χ2v) is 6.16. The van der Waals surface area contributed by atoms with Crippen molar-refractivity contribution >= 4 is 9.84 Å². The zero-order valence-electron chi connectivity index (χ0n) is 9.19. The van der Waals surface area contributed by atoms with Crippen molar-refractivity contribution in [3.8, 4) is 0 Å². The van der Waals surface area contributed by atoms with Crippen molar-refractivity contribution in [3.63, 3.8) is 0 Å². The summed E-state index contributed by atoms with van der Waals surface area (Å²) in [6, 6.07) is 6.02. The Hall–Kier alpha value is -0.940. The molecule has 0 saturated heterocycles. The number of hydrogen-bond acceptors (Lipinski definition) is 3. The van der Waals surface area contributed by atoms with Crippen molar-refractivity contribution in [2.75, 3.05) is 18.6 Å². The molecule has 2 N–H and O–H groups in total. The third kappa shape index (κ3) is 4.28. The van der Waals surface area contributed by atoms with Crippen LogP contribution in [-0.4, -0.2) is 27.0 Å². The summed E-state index contributed by atoms with van der Waals surface area (Å²) in [4.78, 5) is 0. The first-order valence-corrected chi connectivity index (χ1v) is 7.11. The van der Waals surface area contributed by atoms with Crippen LogP contribution >= 0.6 is 0 Å². The fourth-order valence-electron chi connectivity index (χ4n) is 1.51. The van der Waals surface area contributed by atoms with Crippen molar-refractivity contribution in [1.82, 2.24) is 0 Å². The highest BCUT2D eigenvalue weighted by Crippen LogP contribution is 2.19. The minimum Gasteiger partial charge on any atom is -0.330 e. The van der Waals surface area contributed by atoms with E-state index in [9.17, 15) is 12.8 Å². The lowest BCUT2D eigenvalue weighted by atomic mass is 9.97.